The number of phenols is 2. The quantitative estimate of drug-likeness (QED) is 0.342. The average Bonchev–Trinajstić information content (AvgIpc) is 2.58. The number of aromatic hydroxyl groups is 2. The van der Waals surface area contributed by atoms with Gasteiger partial charge in [0.05, 0.1) is 4.92 Å². The van der Waals surface area contributed by atoms with Crippen LogP contribution in [0.5, 0.6) is 11.5 Å². The van der Waals surface area contributed by atoms with Crippen molar-refractivity contribution in [3.63, 3.8) is 0 Å². The number of hydrogen-bond donors (Lipinski definition) is 4. The Hall–Kier alpha value is -3.13. The molecule has 132 valence electrons. The molecule has 1 atom stereocenters. The van der Waals surface area contributed by atoms with E-state index < -0.39 is 11.0 Å². The average molecular weight is 345 g/mol. The molecule has 2 rings (SSSR count). The summed E-state index contributed by atoms with van der Waals surface area (Å²) in [5, 5.41) is 32.3. The van der Waals surface area contributed by atoms with Crippen molar-refractivity contribution in [1.29, 1.82) is 0 Å². The molecule has 0 saturated carbocycles. The highest BCUT2D eigenvalue weighted by molar-refractivity contribution is 5.77. The number of nitro groups is 1. The molecule has 8 heteroatoms. The van der Waals surface area contributed by atoms with Crippen molar-refractivity contribution in [3.8, 4) is 11.5 Å². The van der Waals surface area contributed by atoms with E-state index in [9.17, 15) is 25.1 Å². The van der Waals surface area contributed by atoms with E-state index in [4.69, 9.17) is 5.73 Å². The van der Waals surface area contributed by atoms with E-state index in [1.165, 1.54) is 24.3 Å². The van der Waals surface area contributed by atoms with Crippen LogP contribution in [0.1, 0.15) is 23.6 Å². The first-order valence-corrected chi connectivity index (χ1v) is 7.65. The van der Waals surface area contributed by atoms with Crippen LogP contribution in [0.3, 0.4) is 0 Å². The molecule has 5 N–H and O–H groups in total. The van der Waals surface area contributed by atoms with Crippen LogP contribution in [0, 0.1) is 10.1 Å². The van der Waals surface area contributed by atoms with Gasteiger partial charge in [-0.15, -0.1) is 0 Å². The minimum Gasteiger partial charge on any atom is -0.504 e. The number of amides is 1. The Morgan fingerprint density at radius 2 is 1.92 bits per heavy atom. The van der Waals surface area contributed by atoms with Crippen molar-refractivity contribution < 1.29 is 19.9 Å². The predicted octanol–water partition coefficient (Wildman–Crippen LogP) is 1.75. The third kappa shape index (κ3) is 4.92. The predicted molar refractivity (Wildman–Crippen MR) is 91.1 cm³/mol. The highest BCUT2D eigenvalue weighted by Gasteiger charge is 2.20. The smallest absolute Gasteiger partial charge is 0.274 e. The van der Waals surface area contributed by atoms with Crippen molar-refractivity contribution in [2.45, 2.75) is 18.9 Å². The van der Waals surface area contributed by atoms with Gasteiger partial charge in [0.2, 0.25) is 5.91 Å². The van der Waals surface area contributed by atoms with Gasteiger partial charge in [-0.05, 0) is 24.1 Å². The molecule has 2 aromatic carbocycles. The molecule has 0 radical (unpaired) electrons. The molecule has 1 unspecified atom stereocenters. The molecule has 2 aromatic rings. The van der Waals surface area contributed by atoms with E-state index in [0.717, 1.165) is 5.56 Å². The van der Waals surface area contributed by atoms with Crippen LogP contribution in [0.2, 0.25) is 0 Å². The van der Waals surface area contributed by atoms with Crippen LogP contribution >= 0.6 is 0 Å². The maximum atomic E-state index is 12.0. The number of nitrogens with zero attached hydrogens (tertiary/aromatic N) is 1. The van der Waals surface area contributed by atoms with E-state index in [0.29, 0.717) is 18.5 Å². The second-order valence-corrected chi connectivity index (χ2v) is 5.55. The minimum absolute atomic E-state index is 0.0777. The first-order valence-electron chi connectivity index (χ1n) is 7.65. The number of nitro benzene ring substituents is 1. The lowest BCUT2D eigenvalue weighted by Gasteiger charge is -2.12. The van der Waals surface area contributed by atoms with Crippen molar-refractivity contribution in [3.05, 3.63) is 63.7 Å². The minimum atomic E-state index is -0.778. The Balaban J connectivity index is 1.87. The van der Waals surface area contributed by atoms with Gasteiger partial charge in [0.25, 0.3) is 5.69 Å². The lowest BCUT2D eigenvalue weighted by Crippen LogP contribution is -2.29. The number of nitrogens with two attached hydrogens (primary N) is 1. The molecule has 8 nitrogen and oxygen atoms in total. The van der Waals surface area contributed by atoms with Gasteiger partial charge in [-0.3, -0.25) is 14.9 Å². The zero-order valence-corrected chi connectivity index (χ0v) is 13.4. The first kappa shape index (κ1) is 18.2. The molecular weight excluding hydrogens is 326 g/mol. The third-order valence-electron chi connectivity index (χ3n) is 3.71. The lowest BCUT2D eigenvalue weighted by atomic mass is 10.0. The number of rotatable bonds is 7. The molecular formula is C17H19N3O5. The summed E-state index contributed by atoms with van der Waals surface area (Å²) >= 11 is 0. The van der Waals surface area contributed by atoms with Crippen molar-refractivity contribution in [1.82, 2.24) is 5.32 Å². The zero-order valence-electron chi connectivity index (χ0n) is 13.4. The van der Waals surface area contributed by atoms with Crippen molar-refractivity contribution in [2.75, 3.05) is 6.54 Å². The van der Waals surface area contributed by atoms with E-state index in [1.807, 2.05) is 0 Å². The maximum Gasteiger partial charge on any atom is 0.274 e. The van der Waals surface area contributed by atoms with Crippen LogP contribution in [-0.2, 0) is 11.2 Å². The van der Waals surface area contributed by atoms with Crippen LogP contribution in [0.4, 0.5) is 5.69 Å². The molecule has 0 bridgehead atoms. The molecule has 25 heavy (non-hydrogen) atoms. The fraction of sp³-hybridized carbons (Fsp3) is 0.235. The van der Waals surface area contributed by atoms with Crippen LogP contribution in [-0.4, -0.2) is 27.6 Å². The molecule has 0 fully saturated rings. The van der Waals surface area contributed by atoms with Gasteiger partial charge >= 0.3 is 0 Å². The number of benzene rings is 2. The lowest BCUT2D eigenvalue weighted by molar-refractivity contribution is -0.385. The number of carbonyl (C=O) groups excluding carboxylic acids is 1. The second-order valence-electron chi connectivity index (χ2n) is 5.55. The summed E-state index contributed by atoms with van der Waals surface area (Å²) in [7, 11) is 0. The number of phenolic OH excluding ortho intramolecular Hbond substituents is 2. The van der Waals surface area contributed by atoms with Crippen molar-refractivity contribution >= 4 is 11.6 Å². The fourth-order valence-corrected chi connectivity index (χ4v) is 2.42. The molecule has 0 aliphatic heterocycles. The Kier molecular flexibility index (Phi) is 5.91. The molecule has 0 aromatic heterocycles. The summed E-state index contributed by atoms with van der Waals surface area (Å²) in [5.41, 5.74) is 6.88. The van der Waals surface area contributed by atoms with E-state index in [-0.39, 0.29) is 29.5 Å². The van der Waals surface area contributed by atoms with Gasteiger partial charge in [-0.25, -0.2) is 0 Å². The van der Waals surface area contributed by atoms with E-state index >= 15 is 0 Å². The van der Waals surface area contributed by atoms with Gasteiger partial charge < -0.3 is 21.3 Å². The molecule has 1 amide bonds. The first-order chi connectivity index (χ1) is 11.9. The molecule has 0 heterocycles. The second kappa shape index (κ2) is 8.11. The Morgan fingerprint density at radius 3 is 2.60 bits per heavy atom. The summed E-state index contributed by atoms with van der Waals surface area (Å²) in [6.45, 7) is 0.312. The third-order valence-corrected chi connectivity index (χ3v) is 3.71. The van der Waals surface area contributed by atoms with Crippen LogP contribution < -0.4 is 11.1 Å². The van der Waals surface area contributed by atoms with E-state index in [2.05, 4.69) is 5.32 Å². The van der Waals surface area contributed by atoms with Crippen LogP contribution in [0.25, 0.3) is 0 Å². The van der Waals surface area contributed by atoms with Gasteiger partial charge in [-0.1, -0.05) is 24.3 Å². The van der Waals surface area contributed by atoms with Gasteiger partial charge in [0.15, 0.2) is 11.5 Å². The van der Waals surface area contributed by atoms with Gasteiger partial charge in [0.1, 0.15) is 0 Å². The maximum absolute atomic E-state index is 12.0. The van der Waals surface area contributed by atoms with Crippen LogP contribution in [0.15, 0.2) is 42.5 Å². The Labute approximate surface area is 144 Å². The van der Waals surface area contributed by atoms with Gasteiger partial charge in [-0.2, -0.15) is 0 Å². The SMILES string of the molecule is NC(CC(=O)NCCc1ccc(O)c(O)c1)c1ccccc1[N+](=O)[O-]. The highest BCUT2D eigenvalue weighted by Crippen LogP contribution is 2.26. The normalized spacial score (nSPS) is 11.7. The summed E-state index contributed by atoms with van der Waals surface area (Å²) in [4.78, 5) is 22.4. The summed E-state index contributed by atoms with van der Waals surface area (Å²) in [6.07, 6.45) is 0.381. The number of para-hydroxylation sites is 1. The zero-order chi connectivity index (χ0) is 18.4. The number of carbonyl (C=O) groups is 1. The van der Waals surface area contributed by atoms with Crippen molar-refractivity contribution in [2.24, 2.45) is 5.73 Å². The molecule has 0 saturated heterocycles. The fourth-order valence-electron chi connectivity index (χ4n) is 2.42. The Bertz CT molecular complexity index is 779. The number of nitrogens with one attached hydrogen (secondary N) is 1. The largest absolute Gasteiger partial charge is 0.504 e. The number of hydrogen-bond acceptors (Lipinski definition) is 6. The topological polar surface area (TPSA) is 139 Å². The van der Waals surface area contributed by atoms with Gasteiger partial charge in [0, 0.05) is 30.6 Å². The van der Waals surface area contributed by atoms with E-state index in [1.54, 1.807) is 18.2 Å². The monoisotopic (exact) mass is 345 g/mol. The summed E-state index contributed by atoms with van der Waals surface area (Å²) in [6, 6.07) is 9.72. The highest BCUT2D eigenvalue weighted by atomic mass is 16.6. The summed E-state index contributed by atoms with van der Waals surface area (Å²) < 4.78 is 0. The standard InChI is InChI=1S/C17H19N3O5/c18-13(12-3-1-2-4-14(12)20(24)25)10-17(23)19-8-7-11-5-6-15(21)16(22)9-11/h1-6,9,13,21-22H,7-8,10,18H2,(H,19,23). The molecule has 0 aliphatic carbocycles. The summed E-state index contributed by atoms with van der Waals surface area (Å²) in [5.74, 6) is -0.751. The Morgan fingerprint density at radius 1 is 1.20 bits per heavy atom. The molecule has 0 spiro atoms. The molecule has 0 aliphatic rings.